The Bertz CT molecular complexity index is 288. The van der Waals surface area contributed by atoms with Gasteiger partial charge in [0.2, 0.25) is 5.91 Å². The number of carbonyl (C=O) groups excluding carboxylic acids is 1. The summed E-state index contributed by atoms with van der Waals surface area (Å²) in [6, 6.07) is 1.74. The van der Waals surface area contributed by atoms with E-state index in [1.54, 1.807) is 18.5 Å². The first-order valence-corrected chi connectivity index (χ1v) is 4.04. The molecule has 0 aromatic carbocycles. The number of rotatable bonds is 2. The molecule has 0 atom stereocenters. The average molecular weight is 185 g/mol. The number of hydrogen-bond acceptors (Lipinski definition) is 2. The molecule has 1 aromatic rings. The zero-order valence-electron chi connectivity index (χ0n) is 6.67. The first-order valence-electron chi connectivity index (χ1n) is 3.50. The standard InChI is InChI=1S/C8H9ClN2O/c1-6-5-10-3-2-7(6)11-8(12)4-9/h2-3,5H,4H2,1H3,(H,10,11,12). The van der Waals surface area contributed by atoms with Crippen LogP contribution in [0.3, 0.4) is 0 Å². The minimum atomic E-state index is -0.203. The fourth-order valence-corrected chi connectivity index (χ4v) is 0.864. The predicted molar refractivity (Wildman–Crippen MR) is 48.3 cm³/mol. The second-order valence-corrected chi connectivity index (χ2v) is 2.64. The molecule has 0 aliphatic rings. The number of hydrogen-bond donors (Lipinski definition) is 1. The Morgan fingerprint density at radius 1 is 1.75 bits per heavy atom. The van der Waals surface area contributed by atoms with Crippen LogP contribution in [0.2, 0.25) is 0 Å². The van der Waals surface area contributed by atoms with Crippen LogP contribution in [0.25, 0.3) is 0 Å². The number of nitrogens with zero attached hydrogens (tertiary/aromatic N) is 1. The number of aryl methyl sites for hydroxylation is 1. The van der Waals surface area contributed by atoms with E-state index in [2.05, 4.69) is 10.3 Å². The number of pyridine rings is 1. The Balaban J connectivity index is 2.75. The van der Waals surface area contributed by atoms with Crippen LogP contribution in [0.1, 0.15) is 5.56 Å². The molecule has 0 aliphatic heterocycles. The van der Waals surface area contributed by atoms with Gasteiger partial charge in [-0.05, 0) is 18.6 Å². The van der Waals surface area contributed by atoms with Crippen molar-refractivity contribution in [1.82, 2.24) is 4.98 Å². The molecule has 1 rings (SSSR count). The Morgan fingerprint density at radius 2 is 2.50 bits per heavy atom. The zero-order chi connectivity index (χ0) is 8.97. The largest absolute Gasteiger partial charge is 0.325 e. The number of carbonyl (C=O) groups is 1. The van der Waals surface area contributed by atoms with Gasteiger partial charge < -0.3 is 5.32 Å². The molecule has 3 nitrogen and oxygen atoms in total. The van der Waals surface area contributed by atoms with Crippen molar-refractivity contribution in [3.63, 3.8) is 0 Å². The Hall–Kier alpha value is -1.09. The van der Waals surface area contributed by atoms with Gasteiger partial charge in [0.25, 0.3) is 0 Å². The molecule has 0 radical (unpaired) electrons. The van der Waals surface area contributed by atoms with Crippen LogP contribution >= 0.6 is 11.6 Å². The highest BCUT2D eigenvalue weighted by Crippen LogP contribution is 2.10. The summed E-state index contributed by atoms with van der Waals surface area (Å²) in [5.74, 6) is -0.229. The van der Waals surface area contributed by atoms with Gasteiger partial charge in [0.05, 0.1) is 0 Å². The van der Waals surface area contributed by atoms with Gasteiger partial charge in [0.1, 0.15) is 5.88 Å². The van der Waals surface area contributed by atoms with E-state index >= 15 is 0 Å². The average Bonchev–Trinajstić information content (AvgIpc) is 2.09. The molecule has 0 bridgehead atoms. The Kier molecular flexibility index (Phi) is 3.05. The summed E-state index contributed by atoms with van der Waals surface area (Å²) in [5, 5.41) is 2.65. The molecule has 1 amide bonds. The lowest BCUT2D eigenvalue weighted by molar-refractivity contribution is -0.113. The van der Waals surface area contributed by atoms with E-state index in [0.29, 0.717) is 0 Å². The topological polar surface area (TPSA) is 42.0 Å². The molecule has 0 fully saturated rings. The Morgan fingerprint density at radius 3 is 3.08 bits per heavy atom. The number of halogens is 1. The minimum Gasteiger partial charge on any atom is -0.325 e. The summed E-state index contributed by atoms with van der Waals surface area (Å²) >= 11 is 5.33. The van der Waals surface area contributed by atoms with Crippen molar-refractivity contribution in [2.45, 2.75) is 6.92 Å². The third kappa shape index (κ3) is 2.20. The van der Waals surface area contributed by atoms with E-state index in [9.17, 15) is 4.79 Å². The lowest BCUT2D eigenvalue weighted by Crippen LogP contribution is -2.13. The quantitative estimate of drug-likeness (QED) is 0.709. The summed E-state index contributed by atoms with van der Waals surface area (Å²) in [7, 11) is 0. The van der Waals surface area contributed by atoms with Crippen molar-refractivity contribution in [3.8, 4) is 0 Å². The maximum Gasteiger partial charge on any atom is 0.239 e. The molecule has 0 saturated heterocycles. The maximum atomic E-state index is 10.9. The lowest BCUT2D eigenvalue weighted by atomic mass is 10.2. The van der Waals surface area contributed by atoms with E-state index in [-0.39, 0.29) is 11.8 Å². The van der Waals surface area contributed by atoms with Gasteiger partial charge in [0, 0.05) is 18.1 Å². The van der Waals surface area contributed by atoms with E-state index in [0.717, 1.165) is 11.3 Å². The van der Waals surface area contributed by atoms with Crippen LogP contribution in [0.5, 0.6) is 0 Å². The molecule has 1 heterocycles. The number of alkyl halides is 1. The molecule has 0 unspecified atom stereocenters. The molecule has 4 heteroatoms. The van der Waals surface area contributed by atoms with Gasteiger partial charge in [0.15, 0.2) is 0 Å². The smallest absolute Gasteiger partial charge is 0.239 e. The third-order valence-electron chi connectivity index (χ3n) is 1.42. The number of amides is 1. The molecular weight excluding hydrogens is 176 g/mol. The SMILES string of the molecule is Cc1cnccc1NC(=O)CCl. The number of nitrogens with one attached hydrogen (secondary N) is 1. The van der Waals surface area contributed by atoms with Crippen LogP contribution in [-0.4, -0.2) is 16.8 Å². The molecule has 0 spiro atoms. The summed E-state index contributed by atoms with van der Waals surface area (Å²) in [6.07, 6.45) is 3.31. The summed E-state index contributed by atoms with van der Waals surface area (Å²) in [6.45, 7) is 1.87. The van der Waals surface area contributed by atoms with Crippen molar-refractivity contribution >= 4 is 23.2 Å². The van der Waals surface area contributed by atoms with Crippen molar-refractivity contribution in [2.24, 2.45) is 0 Å². The zero-order valence-corrected chi connectivity index (χ0v) is 7.43. The fourth-order valence-electron chi connectivity index (χ4n) is 0.797. The highest BCUT2D eigenvalue weighted by molar-refractivity contribution is 6.29. The van der Waals surface area contributed by atoms with Gasteiger partial charge in [-0.2, -0.15) is 0 Å². The van der Waals surface area contributed by atoms with Crippen LogP contribution in [0, 0.1) is 6.92 Å². The molecule has 1 N–H and O–H groups in total. The van der Waals surface area contributed by atoms with Crippen molar-refractivity contribution < 1.29 is 4.79 Å². The van der Waals surface area contributed by atoms with Gasteiger partial charge in [-0.15, -0.1) is 11.6 Å². The van der Waals surface area contributed by atoms with E-state index in [4.69, 9.17) is 11.6 Å². The van der Waals surface area contributed by atoms with Crippen molar-refractivity contribution in [3.05, 3.63) is 24.0 Å². The van der Waals surface area contributed by atoms with Crippen molar-refractivity contribution in [2.75, 3.05) is 11.2 Å². The van der Waals surface area contributed by atoms with Crippen molar-refractivity contribution in [1.29, 1.82) is 0 Å². The van der Waals surface area contributed by atoms with Crippen LogP contribution < -0.4 is 5.32 Å². The second-order valence-electron chi connectivity index (χ2n) is 2.37. The van der Waals surface area contributed by atoms with Crippen LogP contribution in [0.15, 0.2) is 18.5 Å². The maximum absolute atomic E-state index is 10.9. The second kappa shape index (κ2) is 4.07. The number of anilines is 1. The minimum absolute atomic E-state index is 0.0260. The number of aromatic nitrogens is 1. The molecule has 0 aliphatic carbocycles. The monoisotopic (exact) mass is 184 g/mol. The highest BCUT2D eigenvalue weighted by atomic mass is 35.5. The van der Waals surface area contributed by atoms with Gasteiger partial charge in [-0.25, -0.2) is 0 Å². The van der Waals surface area contributed by atoms with Crippen LogP contribution in [-0.2, 0) is 4.79 Å². The summed E-state index contributed by atoms with van der Waals surface area (Å²) < 4.78 is 0. The first kappa shape index (κ1) is 9.00. The first-order chi connectivity index (χ1) is 5.74. The third-order valence-corrected chi connectivity index (χ3v) is 1.66. The highest BCUT2D eigenvalue weighted by Gasteiger charge is 2.01. The fraction of sp³-hybridized carbons (Fsp3) is 0.250. The van der Waals surface area contributed by atoms with E-state index in [1.165, 1.54) is 0 Å². The van der Waals surface area contributed by atoms with E-state index < -0.39 is 0 Å². The lowest BCUT2D eigenvalue weighted by Gasteiger charge is -2.04. The molecule has 0 saturated carbocycles. The molecule has 12 heavy (non-hydrogen) atoms. The van der Waals surface area contributed by atoms with Gasteiger partial charge in [-0.3, -0.25) is 9.78 Å². The Labute approximate surface area is 75.8 Å². The predicted octanol–water partition coefficient (Wildman–Crippen LogP) is 1.57. The van der Waals surface area contributed by atoms with Gasteiger partial charge >= 0.3 is 0 Å². The van der Waals surface area contributed by atoms with E-state index in [1.807, 2.05) is 6.92 Å². The normalized spacial score (nSPS) is 9.50. The van der Waals surface area contributed by atoms with Gasteiger partial charge in [-0.1, -0.05) is 0 Å². The summed E-state index contributed by atoms with van der Waals surface area (Å²) in [4.78, 5) is 14.8. The molecule has 64 valence electrons. The van der Waals surface area contributed by atoms with Crippen LogP contribution in [0.4, 0.5) is 5.69 Å². The summed E-state index contributed by atoms with van der Waals surface area (Å²) in [5.41, 5.74) is 1.69. The molecule has 1 aromatic heterocycles. The molecular formula is C8H9ClN2O.